The Morgan fingerprint density at radius 3 is 2.12 bits per heavy atom. The van der Waals surface area contributed by atoms with Crippen molar-refractivity contribution in [1.82, 2.24) is 25.9 Å². The zero-order valence-electron chi connectivity index (χ0n) is 57.8. The number of ether oxygens (including phenoxy) is 10. The van der Waals surface area contributed by atoms with E-state index < -0.39 is 156 Å². The molecule has 1 saturated carbocycles. The van der Waals surface area contributed by atoms with Gasteiger partial charge in [0.1, 0.15) is 49.4 Å². The number of aliphatic hydroxyl groups is 2. The first-order valence-corrected chi connectivity index (χ1v) is 32.9. The number of hydrogen-bond donors (Lipinski definition) is 6. The first kappa shape index (κ1) is 77.5. The van der Waals surface area contributed by atoms with Gasteiger partial charge in [-0.25, -0.2) is 14.8 Å². The lowest BCUT2D eigenvalue weighted by molar-refractivity contribution is -0.305. The van der Waals surface area contributed by atoms with Crippen molar-refractivity contribution in [3.63, 3.8) is 0 Å². The lowest BCUT2D eigenvalue weighted by Crippen LogP contribution is -2.59. The molecule has 4 aliphatic rings. The van der Waals surface area contributed by atoms with E-state index in [1.165, 1.54) is 35.2 Å². The number of carbonyl (C=O) groups excluding carboxylic acids is 6. The van der Waals surface area contributed by atoms with Crippen molar-refractivity contribution in [1.29, 1.82) is 0 Å². The summed E-state index contributed by atoms with van der Waals surface area (Å²) in [5.74, 6) is -8.33. The van der Waals surface area contributed by atoms with Gasteiger partial charge < -0.3 is 83.5 Å². The summed E-state index contributed by atoms with van der Waals surface area (Å²) in [5, 5.41) is 45.2. The second-order valence-electron chi connectivity index (χ2n) is 28.0. The van der Waals surface area contributed by atoms with Crippen molar-refractivity contribution >= 4 is 41.3 Å². The fraction of sp³-hybridized carbons (Fsp3) is 0.833. The fourth-order valence-electron chi connectivity index (χ4n) is 13.8. The second kappa shape index (κ2) is 35.0. The van der Waals surface area contributed by atoms with Gasteiger partial charge in [0.2, 0.25) is 11.8 Å². The number of nitrogens with zero attached hydrogens (tertiary/aromatic N) is 3. The smallest absolute Gasteiger partial charge is 0.408 e. The van der Waals surface area contributed by atoms with E-state index in [2.05, 4.69) is 44.9 Å². The number of carbonyl (C=O) groups is 6. The molecule has 524 valence electrons. The van der Waals surface area contributed by atoms with Crippen molar-refractivity contribution in [3.8, 4) is 5.88 Å². The van der Waals surface area contributed by atoms with Crippen molar-refractivity contribution in [2.45, 2.75) is 253 Å². The van der Waals surface area contributed by atoms with Crippen LogP contribution in [-0.2, 0) is 71.4 Å². The predicted molar refractivity (Wildman–Crippen MR) is 336 cm³/mol. The molecule has 1 aromatic rings. The highest BCUT2D eigenvalue weighted by molar-refractivity contribution is 5.93. The number of aliphatic hydroxyl groups excluding tert-OH is 2. The number of nitrogens with one attached hydrogen (secondary N) is 3. The number of alkyl carbamates (subject to hydrolysis) is 1. The van der Waals surface area contributed by atoms with Crippen LogP contribution in [0.25, 0.3) is 0 Å². The molecule has 4 fully saturated rings. The third kappa shape index (κ3) is 21.4. The second-order valence-corrected chi connectivity index (χ2v) is 28.0. The summed E-state index contributed by atoms with van der Waals surface area (Å²) in [7, 11) is 4.25. The van der Waals surface area contributed by atoms with Crippen LogP contribution in [0.4, 0.5) is 4.79 Å². The maximum absolute atomic E-state index is 16.1. The molecule has 0 spiro atoms. The SMILES string of the molecule is CON=C1C[C@@H](C)O[C@@H](O[C@@H]2[C@@H](C)[C@H](O[C@@H]3C[C@@H](C)CC(CCCNC(C)=O)[C@@H](C)C3)[C@@H](C)C(=O)OC([C@@H](C)CO[C@@H]3O[C@H](C)[C@@H](O)[C@@H](OC)[C@H]3OC)[C@H](C)[C@@H](OC(=O)CC(C)C)[C@@H](C)C(=O)[C@@](C)(OC(=O)NC(C)(C)CNC(=O)c3cnc(O)cn3)C[C@@H]2C)[C@@H]1O. The van der Waals surface area contributed by atoms with Crippen molar-refractivity contribution < 1.29 is 96.3 Å². The van der Waals surface area contributed by atoms with Gasteiger partial charge in [-0.1, -0.05) is 67.5 Å². The van der Waals surface area contributed by atoms with E-state index in [-0.39, 0.29) is 73.4 Å². The molecule has 0 radical (unpaired) electrons. The molecule has 92 heavy (non-hydrogen) atoms. The molecule has 0 bridgehead atoms. The number of rotatable bonds is 23. The highest BCUT2D eigenvalue weighted by Crippen LogP contribution is 2.42. The highest BCUT2D eigenvalue weighted by Gasteiger charge is 2.53. The molecule has 5 rings (SSSR count). The van der Waals surface area contributed by atoms with Crippen LogP contribution in [-0.4, -0.2) is 199 Å². The molecule has 1 aromatic heterocycles. The van der Waals surface area contributed by atoms with E-state index in [1.807, 2.05) is 20.8 Å². The minimum Gasteiger partial charge on any atom is -0.492 e. The summed E-state index contributed by atoms with van der Waals surface area (Å²) in [5.41, 5.74) is -3.18. The Kier molecular flexibility index (Phi) is 29.5. The number of hydrogen-bond acceptors (Lipinski definition) is 23. The summed E-state index contributed by atoms with van der Waals surface area (Å²) >= 11 is 0. The number of cyclic esters (lactones) is 1. The Morgan fingerprint density at radius 1 is 0.815 bits per heavy atom. The maximum atomic E-state index is 16.1. The molecule has 4 heterocycles. The Hall–Kier alpha value is -5.19. The maximum Gasteiger partial charge on any atom is 0.408 e. The summed E-state index contributed by atoms with van der Waals surface area (Å²) in [6.45, 7) is 28.5. The molecule has 6 N–H and O–H groups in total. The van der Waals surface area contributed by atoms with Gasteiger partial charge in [-0.2, -0.15) is 0 Å². The summed E-state index contributed by atoms with van der Waals surface area (Å²) in [4.78, 5) is 98.5. The van der Waals surface area contributed by atoms with Gasteiger partial charge in [-0.05, 0) is 110 Å². The van der Waals surface area contributed by atoms with Gasteiger partial charge in [0.05, 0.1) is 72.6 Å². The molecule has 1 aliphatic carbocycles. The van der Waals surface area contributed by atoms with E-state index in [0.717, 1.165) is 31.7 Å². The normalized spacial score (nSPS) is 36.2. The fourth-order valence-corrected chi connectivity index (χ4v) is 13.8. The number of esters is 2. The van der Waals surface area contributed by atoms with Crippen LogP contribution < -0.4 is 16.0 Å². The van der Waals surface area contributed by atoms with Crippen molar-refractivity contribution in [3.05, 3.63) is 18.1 Å². The van der Waals surface area contributed by atoms with Gasteiger partial charge in [0.25, 0.3) is 5.91 Å². The van der Waals surface area contributed by atoms with Crippen LogP contribution in [0.1, 0.15) is 173 Å². The van der Waals surface area contributed by atoms with Crippen molar-refractivity contribution in [2.24, 2.45) is 64.3 Å². The summed E-state index contributed by atoms with van der Waals surface area (Å²) in [6, 6.07) is 0. The quantitative estimate of drug-likeness (QED) is 0.0220. The number of aromatic hydroxyl groups is 1. The Labute approximate surface area is 544 Å². The Morgan fingerprint density at radius 2 is 1.50 bits per heavy atom. The number of aromatic nitrogens is 2. The standard InChI is InChI=1S/C66H110N6O20/c1-33(2)23-50(75)89-55-40(9)54(37(6)31-85-63-58(83-18)57(82-17)51(76)43(12)87-63)90-61(80)42(11)56(88-46-25-34(3)24-45(35(4)26-46)21-20-22-67-44(13)73)39(8)53(91-62-52(77)47(72-84-19)27-38(7)86-62)36(5)28-66(16,59(78)41(55)10)92-64(81)71-65(14,15)32-70-60(79)48-29-69-49(74)30-68-48/h29-30,33-43,45-46,51-58,62-63,76-77H,20-28,31-32H2,1-19H3,(H,67,73)(H,69,74)(H,70,79)(H,71,81)/t34-,35-,36-,37-,38+,39+,40-,41+,42+,43+,45?,46+,51+,52+,53-,54?,55+,56-,57+,58+,62-,63+,66-/m0/s1. The number of ketones is 1. The van der Waals surface area contributed by atoms with Gasteiger partial charge in [-0.3, -0.25) is 24.0 Å². The van der Waals surface area contributed by atoms with Gasteiger partial charge in [0.15, 0.2) is 24.0 Å². The van der Waals surface area contributed by atoms with E-state index in [4.69, 9.17) is 52.2 Å². The lowest BCUT2D eigenvalue weighted by Gasteiger charge is -2.45. The van der Waals surface area contributed by atoms with Crippen LogP contribution in [0.5, 0.6) is 5.88 Å². The molecule has 23 atom stereocenters. The number of oxime groups is 1. The average Bonchev–Trinajstić information content (AvgIpc) is 0.844. The van der Waals surface area contributed by atoms with Gasteiger partial charge >= 0.3 is 18.0 Å². The molecule has 26 heteroatoms. The number of Topliss-reactive ketones (excluding diaryl/α,β-unsaturated/α-hetero) is 1. The Bertz CT molecular complexity index is 2580. The summed E-state index contributed by atoms with van der Waals surface area (Å²) in [6.07, 6.45) is -8.13. The zero-order valence-corrected chi connectivity index (χ0v) is 57.8. The topological polar surface area (TPSA) is 339 Å². The minimum absolute atomic E-state index is 0.0405. The van der Waals surface area contributed by atoms with Crippen molar-refractivity contribution in [2.75, 3.05) is 41.0 Å². The van der Waals surface area contributed by atoms with Crippen LogP contribution in [0.2, 0.25) is 0 Å². The monoisotopic (exact) mass is 1310 g/mol. The van der Waals surface area contributed by atoms with Gasteiger partial charge in [0, 0.05) is 64.8 Å². The van der Waals surface area contributed by atoms with Crippen LogP contribution in [0.15, 0.2) is 17.5 Å². The van der Waals surface area contributed by atoms with Crippen LogP contribution >= 0.6 is 0 Å². The first-order valence-electron chi connectivity index (χ1n) is 32.9. The van der Waals surface area contributed by atoms with Crippen LogP contribution in [0.3, 0.4) is 0 Å². The number of amides is 3. The molecular weight excluding hydrogens is 1200 g/mol. The zero-order chi connectivity index (χ0) is 68.7. The van der Waals surface area contributed by atoms with Crippen LogP contribution in [0, 0.1) is 59.2 Å². The minimum atomic E-state index is -2.10. The molecule has 2 unspecified atom stereocenters. The predicted octanol–water partition coefficient (Wildman–Crippen LogP) is 6.61. The lowest BCUT2D eigenvalue weighted by atomic mass is 9.74. The number of methoxy groups -OCH3 is 2. The molecule has 3 aliphatic heterocycles. The van der Waals surface area contributed by atoms with E-state index >= 15 is 9.59 Å². The molecule has 26 nitrogen and oxygen atoms in total. The van der Waals surface area contributed by atoms with E-state index in [1.54, 1.807) is 62.3 Å². The highest BCUT2D eigenvalue weighted by atomic mass is 16.7. The average molecular weight is 1310 g/mol. The van der Waals surface area contributed by atoms with E-state index in [9.17, 15) is 34.5 Å². The molecular formula is C66H110N6O20. The van der Waals surface area contributed by atoms with E-state index in [0.29, 0.717) is 25.3 Å². The molecule has 0 aromatic carbocycles. The Balaban J connectivity index is 1.70. The summed E-state index contributed by atoms with van der Waals surface area (Å²) < 4.78 is 64.7. The largest absolute Gasteiger partial charge is 0.492 e. The molecule has 3 saturated heterocycles. The third-order valence-corrected chi connectivity index (χ3v) is 18.7. The van der Waals surface area contributed by atoms with Gasteiger partial charge in [-0.15, -0.1) is 0 Å². The third-order valence-electron chi connectivity index (χ3n) is 18.7. The first-order chi connectivity index (χ1) is 43.1. The molecule has 3 amide bonds.